The van der Waals surface area contributed by atoms with Crippen LogP contribution in [0, 0.1) is 13.8 Å². The lowest BCUT2D eigenvalue weighted by Gasteiger charge is -2.05. The number of halogens is 1. The maximum atomic E-state index is 11.7. The summed E-state index contributed by atoms with van der Waals surface area (Å²) in [6.07, 6.45) is 1.11. The molecule has 1 aromatic rings. The average molecular weight is 261 g/mol. The van der Waals surface area contributed by atoms with E-state index in [1.165, 1.54) is 0 Å². The van der Waals surface area contributed by atoms with Gasteiger partial charge in [0.1, 0.15) is 11.5 Å². The molecule has 0 aliphatic carbocycles. The van der Waals surface area contributed by atoms with Crippen molar-refractivity contribution in [3.05, 3.63) is 23.2 Å². The van der Waals surface area contributed by atoms with Crippen molar-refractivity contribution in [1.29, 1.82) is 0 Å². The lowest BCUT2D eigenvalue weighted by atomic mass is 10.2. The van der Waals surface area contributed by atoms with Crippen LogP contribution < -0.4 is 10.6 Å². The monoisotopic (exact) mass is 260 g/mol. The number of hydrogen-bond acceptors (Lipinski definition) is 3. The molecule has 5 heteroatoms. The summed E-state index contributed by atoms with van der Waals surface area (Å²) in [4.78, 5) is 11.7. The summed E-state index contributed by atoms with van der Waals surface area (Å²) in [6, 6.07) is 1.77. The standard InChI is InChI=1S/C12H20N2O2.ClH/c1-4-5-13-6-7-14-12(15)11-8-9(2)16-10(11)3;/h8,13H,4-7H2,1-3H3,(H,14,15);1H. The molecule has 1 rings (SSSR count). The van der Waals surface area contributed by atoms with Crippen molar-refractivity contribution in [2.45, 2.75) is 27.2 Å². The van der Waals surface area contributed by atoms with E-state index in [1.807, 2.05) is 6.92 Å². The van der Waals surface area contributed by atoms with Gasteiger partial charge in [-0.2, -0.15) is 0 Å². The topological polar surface area (TPSA) is 54.3 Å². The molecule has 0 radical (unpaired) electrons. The first-order valence-electron chi connectivity index (χ1n) is 5.71. The number of aryl methyl sites for hydroxylation is 2. The van der Waals surface area contributed by atoms with E-state index in [0.29, 0.717) is 17.9 Å². The highest BCUT2D eigenvalue weighted by molar-refractivity contribution is 5.95. The van der Waals surface area contributed by atoms with Crippen molar-refractivity contribution in [2.75, 3.05) is 19.6 Å². The van der Waals surface area contributed by atoms with E-state index in [-0.39, 0.29) is 18.3 Å². The minimum atomic E-state index is -0.0624. The Morgan fingerprint density at radius 3 is 2.53 bits per heavy atom. The number of furan rings is 1. The molecule has 2 N–H and O–H groups in total. The lowest BCUT2D eigenvalue weighted by Crippen LogP contribution is -2.32. The number of carbonyl (C=O) groups excluding carboxylic acids is 1. The van der Waals surface area contributed by atoms with Crippen LogP contribution >= 0.6 is 12.4 Å². The van der Waals surface area contributed by atoms with Gasteiger partial charge in [-0.3, -0.25) is 4.79 Å². The number of hydrogen-bond donors (Lipinski definition) is 2. The molecule has 0 bridgehead atoms. The van der Waals surface area contributed by atoms with Gasteiger partial charge in [0.15, 0.2) is 0 Å². The molecule has 0 saturated heterocycles. The van der Waals surface area contributed by atoms with Crippen LogP contribution in [0.3, 0.4) is 0 Å². The summed E-state index contributed by atoms with van der Waals surface area (Å²) < 4.78 is 5.30. The molecule has 1 amide bonds. The van der Waals surface area contributed by atoms with Crippen molar-refractivity contribution in [1.82, 2.24) is 10.6 Å². The van der Waals surface area contributed by atoms with E-state index < -0.39 is 0 Å². The molecule has 4 nitrogen and oxygen atoms in total. The van der Waals surface area contributed by atoms with Crippen molar-refractivity contribution < 1.29 is 9.21 Å². The Hall–Kier alpha value is -1.00. The molecule has 0 fully saturated rings. The zero-order valence-electron chi connectivity index (χ0n) is 10.6. The Morgan fingerprint density at radius 1 is 1.29 bits per heavy atom. The second-order valence-corrected chi connectivity index (χ2v) is 3.83. The second-order valence-electron chi connectivity index (χ2n) is 3.83. The summed E-state index contributed by atoms with van der Waals surface area (Å²) in [7, 11) is 0. The minimum absolute atomic E-state index is 0. The molecule has 0 spiro atoms. The number of rotatable bonds is 6. The number of carbonyl (C=O) groups is 1. The fourth-order valence-corrected chi connectivity index (χ4v) is 1.52. The van der Waals surface area contributed by atoms with Crippen LogP contribution in [0.15, 0.2) is 10.5 Å². The van der Waals surface area contributed by atoms with Crippen molar-refractivity contribution >= 4 is 18.3 Å². The summed E-state index contributed by atoms with van der Waals surface area (Å²) in [5, 5.41) is 6.07. The van der Waals surface area contributed by atoms with Gasteiger partial charge in [0.05, 0.1) is 5.56 Å². The van der Waals surface area contributed by atoms with Gasteiger partial charge in [0.2, 0.25) is 0 Å². The third-order valence-corrected chi connectivity index (χ3v) is 2.30. The summed E-state index contributed by atoms with van der Waals surface area (Å²) in [5.74, 6) is 1.39. The smallest absolute Gasteiger partial charge is 0.254 e. The zero-order chi connectivity index (χ0) is 12.0. The molecule has 17 heavy (non-hydrogen) atoms. The molecule has 0 aromatic carbocycles. The first kappa shape index (κ1) is 16.0. The highest BCUT2D eigenvalue weighted by atomic mass is 35.5. The highest BCUT2D eigenvalue weighted by Gasteiger charge is 2.12. The maximum absolute atomic E-state index is 11.7. The minimum Gasteiger partial charge on any atom is -0.466 e. The molecular weight excluding hydrogens is 240 g/mol. The Bertz CT molecular complexity index is 350. The van der Waals surface area contributed by atoms with Gasteiger partial charge in [-0.15, -0.1) is 12.4 Å². The molecule has 98 valence electrons. The molecule has 0 saturated carbocycles. The third kappa shape index (κ3) is 5.24. The second kappa shape index (κ2) is 8.14. The van der Waals surface area contributed by atoms with Crippen LogP contribution in [0.4, 0.5) is 0 Å². The third-order valence-electron chi connectivity index (χ3n) is 2.30. The molecule has 1 heterocycles. The first-order chi connectivity index (χ1) is 7.65. The largest absolute Gasteiger partial charge is 0.466 e. The van der Waals surface area contributed by atoms with Gasteiger partial charge < -0.3 is 15.1 Å². The molecule has 0 aliphatic rings. The van der Waals surface area contributed by atoms with E-state index in [2.05, 4.69) is 17.6 Å². The molecule has 1 aromatic heterocycles. The highest BCUT2D eigenvalue weighted by Crippen LogP contribution is 2.12. The Labute approximate surface area is 109 Å². The van der Waals surface area contributed by atoms with Crippen LogP contribution in [0.2, 0.25) is 0 Å². The van der Waals surface area contributed by atoms with Crippen LogP contribution in [0.5, 0.6) is 0 Å². The van der Waals surface area contributed by atoms with E-state index in [0.717, 1.165) is 25.3 Å². The van der Waals surface area contributed by atoms with Gasteiger partial charge in [-0.1, -0.05) is 6.92 Å². The number of amides is 1. The summed E-state index contributed by atoms with van der Waals surface area (Å²) in [5.41, 5.74) is 0.632. The fourth-order valence-electron chi connectivity index (χ4n) is 1.52. The predicted octanol–water partition coefficient (Wildman–Crippen LogP) is 2.05. The van der Waals surface area contributed by atoms with Crippen molar-refractivity contribution in [3.63, 3.8) is 0 Å². The number of nitrogens with one attached hydrogen (secondary N) is 2. The SMILES string of the molecule is CCCNCCNC(=O)c1cc(C)oc1C.Cl. The normalized spacial score (nSPS) is 9.82. The van der Waals surface area contributed by atoms with Gasteiger partial charge in [0, 0.05) is 13.1 Å². The Morgan fingerprint density at radius 2 is 2.00 bits per heavy atom. The quantitative estimate of drug-likeness (QED) is 0.770. The Balaban J connectivity index is 0.00000256. The van der Waals surface area contributed by atoms with Gasteiger partial charge in [-0.05, 0) is 32.9 Å². The van der Waals surface area contributed by atoms with Gasteiger partial charge in [-0.25, -0.2) is 0 Å². The van der Waals surface area contributed by atoms with Crippen molar-refractivity contribution in [3.8, 4) is 0 Å². The first-order valence-corrected chi connectivity index (χ1v) is 5.71. The lowest BCUT2D eigenvalue weighted by molar-refractivity contribution is 0.0952. The van der Waals surface area contributed by atoms with Crippen LogP contribution in [0.25, 0.3) is 0 Å². The van der Waals surface area contributed by atoms with E-state index >= 15 is 0 Å². The average Bonchev–Trinajstić information content (AvgIpc) is 2.57. The summed E-state index contributed by atoms with van der Waals surface area (Å²) in [6.45, 7) is 8.19. The molecule has 0 unspecified atom stereocenters. The van der Waals surface area contributed by atoms with Crippen molar-refractivity contribution in [2.24, 2.45) is 0 Å². The fraction of sp³-hybridized carbons (Fsp3) is 0.583. The van der Waals surface area contributed by atoms with E-state index in [9.17, 15) is 4.79 Å². The maximum Gasteiger partial charge on any atom is 0.254 e. The van der Waals surface area contributed by atoms with Crippen LogP contribution in [-0.2, 0) is 0 Å². The Kier molecular flexibility index (Phi) is 7.66. The molecular formula is C12H21ClN2O2. The zero-order valence-corrected chi connectivity index (χ0v) is 11.4. The van der Waals surface area contributed by atoms with Gasteiger partial charge in [0.25, 0.3) is 5.91 Å². The molecule has 0 atom stereocenters. The van der Waals surface area contributed by atoms with E-state index in [4.69, 9.17) is 4.42 Å². The van der Waals surface area contributed by atoms with Gasteiger partial charge >= 0.3 is 0 Å². The van der Waals surface area contributed by atoms with E-state index in [1.54, 1.807) is 13.0 Å². The van der Waals surface area contributed by atoms with Crippen LogP contribution in [0.1, 0.15) is 35.2 Å². The predicted molar refractivity (Wildman–Crippen MR) is 70.9 cm³/mol. The molecule has 0 aliphatic heterocycles. The summed E-state index contributed by atoms with van der Waals surface area (Å²) >= 11 is 0. The van der Waals surface area contributed by atoms with Crippen LogP contribution in [-0.4, -0.2) is 25.5 Å².